The third kappa shape index (κ3) is 3.39. The van der Waals surface area contributed by atoms with Crippen molar-refractivity contribution in [1.82, 2.24) is 19.8 Å². The molecule has 0 spiro atoms. The van der Waals surface area contributed by atoms with E-state index in [4.69, 9.17) is 15.5 Å². The second kappa shape index (κ2) is 7.13. The van der Waals surface area contributed by atoms with Crippen LogP contribution < -0.4 is 5.73 Å². The van der Waals surface area contributed by atoms with Gasteiger partial charge in [0, 0.05) is 43.4 Å². The zero-order chi connectivity index (χ0) is 16.5. The minimum Gasteiger partial charge on any atom is -0.383 e. The van der Waals surface area contributed by atoms with Gasteiger partial charge < -0.3 is 15.4 Å². The van der Waals surface area contributed by atoms with Gasteiger partial charge in [-0.1, -0.05) is 11.8 Å². The van der Waals surface area contributed by atoms with Crippen molar-refractivity contribution >= 4 is 39.1 Å². The number of nitrogens with two attached hydrogens (primary N) is 1. The first-order valence-corrected chi connectivity index (χ1v) is 10.2. The highest BCUT2D eigenvalue weighted by molar-refractivity contribution is 7.99. The Bertz CT molecular complexity index is 729. The van der Waals surface area contributed by atoms with Crippen molar-refractivity contribution in [1.29, 1.82) is 0 Å². The Kier molecular flexibility index (Phi) is 4.91. The number of ether oxygens (including phenoxy) is 1. The summed E-state index contributed by atoms with van der Waals surface area (Å²) in [6.07, 6.45) is 1.04. The smallest absolute Gasteiger partial charge is 0.190 e. The number of fused-ring (bicyclic) bond motifs is 3. The van der Waals surface area contributed by atoms with Crippen LogP contribution in [0.25, 0.3) is 10.2 Å². The molecule has 6 nitrogen and oxygen atoms in total. The molecular weight excluding hydrogens is 342 g/mol. The van der Waals surface area contributed by atoms with Gasteiger partial charge in [-0.25, -0.2) is 9.97 Å². The van der Waals surface area contributed by atoms with Crippen LogP contribution in [0.5, 0.6) is 0 Å². The predicted molar refractivity (Wildman–Crippen MR) is 99.8 cm³/mol. The predicted octanol–water partition coefficient (Wildman–Crippen LogP) is 1.69. The molecule has 0 atom stereocenters. The monoisotopic (exact) mass is 365 g/mol. The van der Waals surface area contributed by atoms with E-state index in [9.17, 15) is 0 Å². The molecule has 4 heterocycles. The van der Waals surface area contributed by atoms with Gasteiger partial charge in [0.1, 0.15) is 10.6 Å². The molecule has 0 unspecified atom stereocenters. The summed E-state index contributed by atoms with van der Waals surface area (Å²) in [5, 5.41) is 1.90. The number of hydrogen-bond acceptors (Lipinski definition) is 8. The van der Waals surface area contributed by atoms with Crippen LogP contribution in [0.1, 0.15) is 10.4 Å². The fourth-order valence-electron chi connectivity index (χ4n) is 3.29. The van der Waals surface area contributed by atoms with Crippen molar-refractivity contribution in [3.8, 4) is 0 Å². The van der Waals surface area contributed by atoms with Gasteiger partial charge in [-0.3, -0.25) is 4.90 Å². The maximum absolute atomic E-state index is 6.28. The van der Waals surface area contributed by atoms with Crippen molar-refractivity contribution < 1.29 is 4.74 Å². The number of thioether (sulfide) groups is 1. The minimum absolute atomic E-state index is 0.649. The zero-order valence-corrected chi connectivity index (χ0v) is 15.6. The summed E-state index contributed by atoms with van der Waals surface area (Å²) in [5.74, 6) is 1.63. The summed E-state index contributed by atoms with van der Waals surface area (Å²) >= 11 is 3.48. The van der Waals surface area contributed by atoms with Gasteiger partial charge in [0.15, 0.2) is 5.16 Å². The number of hydrogen-bond donors (Lipinski definition) is 1. The molecule has 1 saturated heterocycles. The summed E-state index contributed by atoms with van der Waals surface area (Å²) in [6.45, 7) is 6.84. The molecule has 0 aromatic carbocycles. The minimum atomic E-state index is 0.649. The molecule has 130 valence electrons. The van der Waals surface area contributed by atoms with Crippen LogP contribution in [0.15, 0.2) is 5.16 Å². The van der Waals surface area contributed by atoms with Crippen LogP contribution in [0, 0.1) is 0 Å². The van der Waals surface area contributed by atoms with Crippen molar-refractivity contribution in [2.24, 2.45) is 0 Å². The lowest BCUT2D eigenvalue weighted by Crippen LogP contribution is -2.37. The van der Waals surface area contributed by atoms with E-state index in [1.165, 1.54) is 10.4 Å². The van der Waals surface area contributed by atoms with Crippen LogP contribution in [0.4, 0.5) is 5.82 Å². The topological polar surface area (TPSA) is 67.5 Å². The number of rotatable bonds is 4. The molecule has 0 radical (unpaired) electrons. The van der Waals surface area contributed by atoms with Crippen molar-refractivity contribution in [2.45, 2.75) is 18.1 Å². The highest BCUT2D eigenvalue weighted by atomic mass is 32.2. The largest absolute Gasteiger partial charge is 0.383 e. The van der Waals surface area contributed by atoms with E-state index >= 15 is 0 Å². The van der Waals surface area contributed by atoms with E-state index in [1.807, 2.05) is 0 Å². The van der Waals surface area contributed by atoms with Gasteiger partial charge in [0.05, 0.1) is 18.6 Å². The lowest BCUT2D eigenvalue weighted by molar-refractivity contribution is 0.0410. The Balaban J connectivity index is 1.48. The SMILES string of the molecule is CN1CCc2c(sc3nc(SCCN4CCOCC4)nc(N)c23)C1. The lowest BCUT2D eigenvalue weighted by atomic mass is 10.1. The first-order chi connectivity index (χ1) is 11.7. The Morgan fingerprint density at radius 3 is 2.92 bits per heavy atom. The van der Waals surface area contributed by atoms with Gasteiger partial charge in [-0.2, -0.15) is 0 Å². The first-order valence-electron chi connectivity index (χ1n) is 8.40. The number of aromatic nitrogens is 2. The standard InChI is InChI=1S/C16H23N5OS2/c1-20-3-2-11-12(10-20)24-15-13(11)14(17)18-16(19-15)23-9-6-21-4-7-22-8-5-21/h2-10H2,1H3,(H2,17,18,19). The van der Waals surface area contributed by atoms with Gasteiger partial charge >= 0.3 is 0 Å². The molecule has 0 amide bonds. The normalized spacial score (nSPS) is 19.7. The Hall–Kier alpha value is -0.930. The molecule has 0 saturated carbocycles. The lowest BCUT2D eigenvalue weighted by Gasteiger charge is -2.26. The number of thiophene rings is 1. The van der Waals surface area contributed by atoms with Crippen LogP contribution in [-0.2, 0) is 17.7 Å². The Morgan fingerprint density at radius 1 is 1.25 bits per heavy atom. The Labute approximate surface area is 150 Å². The fraction of sp³-hybridized carbons (Fsp3) is 0.625. The van der Waals surface area contributed by atoms with Crippen LogP contribution in [0.2, 0.25) is 0 Å². The molecular formula is C16H23N5OS2. The van der Waals surface area contributed by atoms with E-state index in [-0.39, 0.29) is 0 Å². The third-order valence-electron chi connectivity index (χ3n) is 4.64. The second-order valence-electron chi connectivity index (χ2n) is 6.37. The number of nitrogen functional groups attached to an aromatic ring is 1. The molecule has 8 heteroatoms. The molecule has 2 aliphatic rings. The highest BCUT2D eigenvalue weighted by Gasteiger charge is 2.22. The third-order valence-corrected chi connectivity index (χ3v) is 6.58. The molecule has 24 heavy (non-hydrogen) atoms. The van der Waals surface area contributed by atoms with Gasteiger partial charge in [-0.15, -0.1) is 11.3 Å². The number of anilines is 1. The quantitative estimate of drug-likeness (QED) is 0.653. The average Bonchev–Trinajstić information content (AvgIpc) is 2.93. The average molecular weight is 366 g/mol. The molecule has 2 aromatic heterocycles. The summed E-state index contributed by atoms with van der Waals surface area (Å²) < 4.78 is 5.38. The summed E-state index contributed by atoms with van der Waals surface area (Å²) in [4.78, 5) is 16.6. The molecule has 2 aliphatic heterocycles. The number of likely N-dealkylation sites (N-methyl/N-ethyl adjacent to an activating group) is 1. The van der Waals surface area contributed by atoms with Crippen LogP contribution in [-0.4, -0.2) is 72.0 Å². The first kappa shape index (κ1) is 16.5. The highest BCUT2D eigenvalue weighted by Crippen LogP contribution is 2.37. The van der Waals surface area contributed by atoms with Crippen LogP contribution in [0.3, 0.4) is 0 Å². The van der Waals surface area contributed by atoms with Gasteiger partial charge in [0.2, 0.25) is 0 Å². The van der Waals surface area contributed by atoms with Crippen LogP contribution >= 0.6 is 23.1 Å². The summed E-state index contributed by atoms with van der Waals surface area (Å²) in [6, 6.07) is 0. The Morgan fingerprint density at radius 2 is 2.08 bits per heavy atom. The second-order valence-corrected chi connectivity index (χ2v) is 8.51. The maximum atomic E-state index is 6.28. The molecule has 0 bridgehead atoms. The summed E-state index contributed by atoms with van der Waals surface area (Å²) in [5.41, 5.74) is 7.65. The van der Waals surface area contributed by atoms with E-state index in [0.29, 0.717) is 5.82 Å². The van der Waals surface area contributed by atoms with Crippen molar-refractivity contribution in [2.75, 3.05) is 57.9 Å². The van der Waals surface area contributed by atoms with E-state index in [0.717, 1.165) is 73.5 Å². The molecule has 0 aliphatic carbocycles. The van der Waals surface area contributed by atoms with Gasteiger partial charge in [-0.05, 0) is 19.0 Å². The summed E-state index contributed by atoms with van der Waals surface area (Å²) in [7, 11) is 2.16. The molecule has 1 fully saturated rings. The van der Waals surface area contributed by atoms with Gasteiger partial charge in [0.25, 0.3) is 0 Å². The molecule has 2 aromatic rings. The number of nitrogens with zero attached hydrogens (tertiary/aromatic N) is 4. The molecule has 4 rings (SSSR count). The van der Waals surface area contributed by atoms with E-state index in [2.05, 4.69) is 21.8 Å². The number of morpholine rings is 1. The van der Waals surface area contributed by atoms with Crippen molar-refractivity contribution in [3.05, 3.63) is 10.4 Å². The van der Waals surface area contributed by atoms with Crippen molar-refractivity contribution in [3.63, 3.8) is 0 Å². The molecule has 2 N–H and O–H groups in total. The fourth-order valence-corrected chi connectivity index (χ4v) is 5.50. The maximum Gasteiger partial charge on any atom is 0.190 e. The van der Waals surface area contributed by atoms with E-state index in [1.54, 1.807) is 23.1 Å². The zero-order valence-electron chi connectivity index (χ0n) is 14.0. The van der Waals surface area contributed by atoms with E-state index < -0.39 is 0 Å².